The molecule has 1 aliphatic heterocycles. The monoisotopic (exact) mass is 624 g/mol. The van der Waals surface area contributed by atoms with Crippen LogP contribution in [0.1, 0.15) is 31.8 Å². The van der Waals surface area contributed by atoms with Gasteiger partial charge in [0.2, 0.25) is 0 Å². The Morgan fingerprint density at radius 1 is 0.587 bits per heavy atom. The number of nitrogens with one attached hydrogen (secondary N) is 2. The number of amides is 2. The SMILES string of the molecule is COc1ccc(C(=O)N/N=C\c2ccc(O[C@H]3OCCO[C@@H]3Oc3ccc(/C=N\NC(=O)c4ccc(OC)cc4)cc3)cc2)cc1. The molecule has 0 aliphatic carbocycles. The van der Waals surface area contributed by atoms with Gasteiger partial charge in [0.25, 0.3) is 24.4 Å². The number of nitrogens with zero attached hydrogens (tertiary/aromatic N) is 2. The van der Waals surface area contributed by atoms with Gasteiger partial charge in [-0.1, -0.05) is 0 Å². The molecule has 4 aromatic rings. The third-order valence-corrected chi connectivity index (χ3v) is 6.60. The summed E-state index contributed by atoms with van der Waals surface area (Å²) in [4.78, 5) is 24.5. The average Bonchev–Trinajstić information content (AvgIpc) is 3.10. The van der Waals surface area contributed by atoms with Crippen molar-refractivity contribution in [2.75, 3.05) is 27.4 Å². The van der Waals surface area contributed by atoms with Crippen molar-refractivity contribution < 1.29 is 38.0 Å². The molecule has 1 saturated heterocycles. The lowest BCUT2D eigenvalue weighted by Crippen LogP contribution is -2.45. The first kappa shape index (κ1) is 31.7. The molecule has 236 valence electrons. The van der Waals surface area contributed by atoms with Crippen LogP contribution in [0.2, 0.25) is 0 Å². The summed E-state index contributed by atoms with van der Waals surface area (Å²) in [5.41, 5.74) is 7.42. The van der Waals surface area contributed by atoms with Crippen LogP contribution in [-0.4, -0.2) is 64.3 Å². The molecule has 5 rings (SSSR count). The van der Waals surface area contributed by atoms with Gasteiger partial charge in [0.05, 0.1) is 39.9 Å². The summed E-state index contributed by atoms with van der Waals surface area (Å²) < 4.78 is 33.7. The summed E-state index contributed by atoms with van der Waals surface area (Å²) >= 11 is 0. The van der Waals surface area contributed by atoms with Gasteiger partial charge in [-0.15, -0.1) is 0 Å². The molecule has 0 spiro atoms. The quantitative estimate of drug-likeness (QED) is 0.175. The summed E-state index contributed by atoms with van der Waals surface area (Å²) in [5, 5.41) is 8.04. The van der Waals surface area contributed by atoms with Gasteiger partial charge in [0.15, 0.2) is 0 Å². The number of ether oxygens (including phenoxy) is 6. The number of carbonyl (C=O) groups is 2. The molecular weight excluding hydrogens is 592 g/mol. The molecule has 1 fully saturated rings. The van der Waals surface area contributed by atoms with E-state index >= 15 is 0 Å². The summed E-state index contributed by atoms with van der Waals surface area (Å²) in [6.07, 6.45) is 1.43. The smallest absolute Gasteiger partial charge is 0.271 e. The molecule has 2 atom stereocenters. The summed E-state index contributed by atoms with van der Waals surface area (Å²) in [6.45, 7) is 0.696. The van der Waals surface area contributed by atoms with Gasteiger partial charge in [-0.2, -0.15) is 10.2 Å². The van der Waals surface area contributed by atoms with Crippen molar-refractivity contribution in [1.29, 1.82) is 0 Å². The minimum absolute atomic E-state index is 0.337. The van der Waals surface area contributed by atoms with Crippen molar-refractivity contribution in [2.45, 2.75) is 12.6 Å². The molecule has 0 aromatic heterocycles. The Balaban J connectivity index is 1.10. The zero-order valence-electron chi connectivity index (χ0n) is 25.1. The van der Waals surface area contributed by atoms with Crippen LogP contribution in [-0.2, 0) is 9.47 Å². The Morgan fingerprint density at radius 3 is 1.28 bits per heavy atom. The van der Waals surface area contributed by atoms with Crippen molar-refractivity contribution in [1.82, 2.24) is 10.9 Å². The van der Waals surface area contributed by atoms with Gasteiger partial charge >= 0.3 is 0 Å². The van der Waals surface area contributed by atoms with Crippen molar-refractivity contribution in [3.8, 4) is 23.0 Å². The van der Waals surface area contributed by atoms with Crippen molar-refractivity contribution >= 4 is 24.2 Å². The third-order valence-electron chi connectivity index (χ3n) is 6.60. The van der Waals surface area contributed by atoms with Gasteiger partial charge in [-0.3, -0.25) is 9.59 Å². The molecule has 1 aliphatic rings. The first-order valence-corrected chi connectivity index (χ1v) is 14.2. The zero-order chi connectivity index (χ0) is 32.1. The van der Waals surface area contributed by atoms with E-state index in [1.54, 1.807) is 111 Å². The van der Waals surface area contributed by atoms with Crippen LogP contribution in [0.5, 0.6) is 23.0 Å². The van der Waals surface area contributed by atoms with Crippen molar-refractivity contribution in [3.63, 3.8) is 0 Å². The van der Waals surface area contributed by atoms with Gasteiger partial charge < -0.3 is 28.4 Å². The Labute approximate surface area is 265 Å². The number of benzene rings is 4. The number of hydrogen-bond acceptors (Lipinski definition) is 10. The van der Waals surface area contributed by atoms with E-state index in [1.165, 1.54) is 12.4 Å². The summed E-state index contributed by atoms with van der Waals surface area (Å²) in [5.74, 6) is 1.72. The standard InChI is InChI=1S/C34H32N4O8/c1-41-27-15-7-25(8-16-27)31(39)37-35-21-23-3-11-29(12-4-23)45-33-34(44-20-19-43-33)46-30-13-5-24(6-14-30)22-36-38-32(40)26-9-17-28(42-2)18-10-26/h3-18,21-22,33-34H,19-20H2,1-2H3,(H,37,39)(H,38,40)/b35-21-,36-22-/t33-,34-/m1/s1. The van der Waals surface area contributed by atoms with E-state index in [0.29, 0.717) is 47.3 Å². The predicted octanol–water partition coefficient (Wildman–Crippen LogP) is 4.39. The van der Waals surface area contributed by atoms with E-state index in [-0.39, 0.29) is 11.8 Å². The second-order valence-electron chi connectivity index (χ2n) is 9.71. The lowest BCUT2D eigenvalue weighted by atomic mass is 10.2. The first-order valence-electron chi connectivity index (χ1n) is 14.2. The Kier molecular flexibility index (Phi) is 10.9. The number of methoxy groups -OCH3 is 2. The number of rotatable bonds is 12. The van der Waals surface area contributed by atoms with E-state index < -0.39 is 12.6 Å². The molecule has 12 nitrogen and oxygen atoms in total. The van der Waals surface area contributed by atoms with E-state index in [1.807, 2.05) is 0 Å². The van der Waals surface area contributed by atoms with Gasteiger partial charge in [0.1, 0.15) is 23.0 Å². The van der Waals surface area contributed by atoms with E-state index in [2.05, 4.69) is 21.1 Å². The van der Waals surface area contributed by atoms with Crippen LogP contribution in [0.3, 0.4) is 0 Å². The van der Waals surface area contributed by atoms with E-state index in [9.17, 15) is 9.59 Å². The third kappa shape index (κ3) is 8.91. The molecule has 2 N–H and O–H groups in total. The average molecular weight is 625 g/mol. The molecule has 46 heavy (non-hydrogen) atoms. The van der Waals surface area contributed by atoms with E-state index in [0.717, 1.165) is 11.1 Å². The Morgan fingerprint density at radius 2 is 0.935 bits per heavy atom. The second kappa shape index (κ2) is 15.8. The van der Waals surface area contributed by atoms with Crippen molar-refractivity contribution in [2.24, 2.45) is 10.2 Å². The van der Waals surface area contributed by atoms with Crippen LogP contribution in [0.15, 0.2) is 107 Å². The first-order chi connectivity index (χ1) is 22.5. The highest BCUT2D eigenvalue weighted by Gasteiger charge is 2.31. The van der Waals surface area contributed by atoms with Gasteiger partial charge in [0, 0.05) is 11.1 Å². The summed E-state index contributed by atoms with van der Waals surface area (Å²) in [7, 11) is 3.13. The topological polar surface area (TPSA) is 138 Å². The fourth-order valence-electron chi connectivity index (χ4n) is 4.14. The number of hydrogen-bond donors (Lipinski definition) is 2. The van der Waals surface area contributed by atoms with Crippen LogP contribution >= 0.6 is 0 Å². The molecule has 12 heteroatoms. The predicted molar refractivity (Wildman–Crippen MR) is 170 cm³/mol. The van der Waals surface area contributed by atoms with Crippen LogP contribution in [0, 0.1) is 0 Å². The lowest BCUT2D eigenvalue weighted by molar-refractivity contribution is -0.271. The minimum Gasteiger partial charge on any atom is -0.497 e. The number of hydrazone groups is 2. The molecule has 0 bridgehead atoms. The Bertz CT molecular complexity index is 1520. The van der Waals surface area contributed by atoms with Crippen LogP contribution in [0.4, 0.5) is 0 Å². The Hall–Kier alpha value is -5.72. The largest absolute Gasteiger partial charge is 0.497 e. The highest BCUT2D eigenvalue weighted by molar-refractivity contribution is 5.95. The zero-order valence-corrected chi connectivity index (χ0v) is 25.1. The molecule has 0 saturated carbocycles. The van der Waals surface area contributed by atoms with Gasteiger partial charge in [-0.05, 0) is 108 Å². The maximum absolute atomic E-state index is 12.3. The molecule has 0 radical (unpaired) electrons. The lowest BCUT2D eigenvalue weighted by Gasteiger charge is -2.31. The molecule has 1 heterocycles. The van der Waals surface area contributed by atoms with Crippen molar-refractivity contribution in [3.05, 3.63) is 119 Å². The highest BCUT2D eigenvalue weighted by Crippen LogP contribution is 2.22. The number of carbonyl (C=O) groups excluding carboxylic acids is 2. The maximum Gasteiger partial charge on any atom is 0.271 e. The molecule has 2 amide bonds. The van der Waals surface area contributed by atoms with E-state index in [4.69, 9.17) is 28.4 Å². The minimum atomic E-state index is -0.813. The highest BCUT2D eigenvalue weighted by atomic mass is 16.8. The maximum atomic E-state index is 12.3. The fourth-order valence-corrected chi connectivity index (χ4v) is 4.14. The second-order valence-corrected chi connectivity index (χ2v) is 9.71. The molecule has 4 aromatic carbocycles. The van der Waals surface area contributed by atoms with Crippen LogP contribution < -0.4 is 29.8 Å². The molecule has 0 unspecified atom stereocenters. The normalized spacial score (nSPS) is 16.1. The summed E-state index contributed by atoms with van der Waals surface area (Å²) in [6, 6.07) is 27.6. The van der Waals surface area contributed by atoms with Gasteiger partial charge in [-0.25, -0.2) is 10.9 Å². The van der Waals surface area contributed by atoms with Crippen LogP contribution in [0.25, 0.3) is 0 Å². The molecular formula is C34H32N4O8. The fraction of sp³-hybridized carbons (Fsp3) is 0.176.